The number of hydrogen-bond donors (Lipinski definition) is 3. The lowest BCUT2D eigenvalue weighted by atomic mass is 9.96. The van der Waals surface area contributed by atoms with Crippen molar-refractivity contribution in [3.8, 4) is 5.69 Å². The van der Waals surface area contributed by atoms with Gasteiger partial charge in [0.1, 0.15) is 11.4 Å². The second-order valence-corrected chi connectivity index (χ2v) is 6.98. The van der Waals surface area contributed by atoms with Crippen molar-refractivity contribution in [3.63, 3.8) is 0 Å². The van der Waals surface area contributed by atoms with E-state index in [1.165, 1.54) is 12.4 Å². The summed E-state index contributed by atoms with van der Waals surface area (Å²) in [7, 11) is 0. The van der Waals surface area contributed by atoms with E-state index >= 15 is 0 Å². The predicted octanol–water partition coefficient (Wildman–Crippen LogP) is 2.64. The Labute approximate surface area is 162 Å². The first-order valence-electron chi connectivity index (χ1n) is 9.14. The van der Waals surface area contributed by atoms with E-state index in [9.17, 15) is 14.3 Å². The van der Waals surface area contributed by atoms with Crippen LogP contribution in [0.2, 0.25) is 0 Å². The Morgan fingerprint density at radius 1 is 1.25 bits per heavy atom. The summed E-state index contributed by atoms with van der Waals surface area (Å²) in [4.78, 5) is 16.0. The summed E-state index contributed by atoms with van der Waals surface area (Å²) in [5, 5.41) is 16.3. The van der Waals surface area contributed by atoms with E-state index < -0.39 is 17.4 Å². The minimum absolute atomic E-state index is 0.129. The zero-order valence-electron chi connectivity index (χ0n) is 15.2. The van der Waals surface area contributed by atoms with Gasteiger partial charge in [-0.05, 0) is 41.7 Å². The Hall–Kier alpha value is -3.19. The van der Waals surface area contributed by atoms with Gasteiger partial charge in [0.2, 0.25) is 0 Å². The maximum Gasteiger partial charge on any atom is 0.315 e. The number of rotatable bonds is 5. The van der Waals surface area contributed by atoms with Gasteiger partial charge < -0.3 is 20.3 Å². The molecule has 2 amide bonds. The van der Waals surface area contributed by atoms with Gasteiger partial charge in [-0.1, -0.05) is 30.3 Å². The van der Waals surface area contributed by atoms with Crippen LogP contribution < -0.4 is 10.6 Å². The number of benzene rings is 2. The molecule has 144 valence electrons. The Morgan fingerprint density at radius 2 is 2.11 bits per heavy atom. The van der Waals surface area contributed by atoms with Crippen LogP contribution in [0.5, 0.6) is 0 Å². The fourth-order valence-corrected chi connectivity index (χ4v) is 3.59. The molecule has 4 rings (SSSR count). The third-order valence-corrected chi connectivity index (χ3v) is 5.12. The van der Waals surface area contributed by atoms with Gasteiger partial charge in [0.15, 0.2) is 0 Å². The first-order chi connectivity index (χ1) is 13.5. The molecule has 1 aliphatic carbocycles. The number of aromatic nitrogens is 2. The molecular formula is C21H21FN4O2. The molecule has 1 atom stereocenters. The lowest BCUT2D eigenvalue weighted by Gasteiger charge is -2.24. The highest BCUT2D eigenvalue weighted by Crippen LogP contribution is 2.36. The number of urea groups is 1. The maximum atomic E-state index is 14.3. The Kier molecular flexibility index (Phi) is 4.83. The summed E-state index contributed by atoms with van der Waals surface area (Å²) < 4.78 is 15.9. The molecule has 0 aliphatic heterocycles. The standard InChI is InChI=1S/C21H21FN4O2/c22-18-11-15(5-6-19(18)26-10-9-23-14-26)12-24-20(27)25-13-21(28)8-7-16-3-1-2-4-17(16)21/h1-6,9-11,14,28H,7-8,12-13H2,(H2,24,25,27). The zero-order valence-corrected chi connectivity index (χ0v) is 15.2. The van der Waals surface area contributed by atoms with Gasteiger partial charge in [-0.15, -0.1) is 0 Å². The van der Waals surface area contributed by atoms with Crippen LogP contribution in [0.25, 0.3) is 5.69 Å². The first kappa shape index (κ1) is 18.2. The summed E-state index contributed by atoms with van der Waals surface area (Å²) in [6.07, 6.45) is 6.13. The van der Waals surface area contributed by atoms with Crippen LogP contribution in [0.4, 0.5) is 9.18 Å². The van der Waals surface area contributed by atoms with Crippen molar-refractivity contribution in [1.82, 2.24) is 20.2 Å². The molecule has 7 heteroatoms. The topological polar surface area (TPSA) is 79.2 Å². The smallest absolute Gasteiger partial charge is 0.315 e. The zero-order chi connectivity index (χ0) is 19.6. The van der Waals surface area contributed by atoms with Gasteiger partial charge in [-0.25, -0.2) is 14.2 Å². The Morgan fingerprint density at radius 3 is 2.89 bits per heavy atom. The van der Waals surface area contributed by atoms with Gasteiger partial charge >= 0.3 is 6.03 Å². The summed E-state index contributed by atoms with van der Waals surface area (Å²) in [6.45, 7) is 0.311. The third kappa shape index (κ3) is 3.61. The van der Waals surface area contributed by atoms with Crippen LogP contribution in [0.15, 0.2) is 61.2 Å². The molecule has 2 aromatic carbocycles. The van der Waals surface area contributed by atoms with Crippen molar-refractivity contribution in [2.45, 2.75) is 25.0 Å². The molecule has 0 fully saturated rings. The van der Waals surface area contributed by atoms with Gasteiger partial charge in [0.25, 0.3) is 0 Å². The van der Waals surface area contributed by atoms with Crippen LogP contribution in [-0.4, -0.2) is 27.2 Å². The molecule has 1 aromatic heterocycles. The van der Waals surface area contributed by atoms with Crippen LogP contribution in [-0.2, 0) is 18.6 Å². The molecule has 1 heterocycles. The fourth-order valence-electron chi connectivity index (χ4n) is 3.59. The monoisotopic (exact) mass is 380 g/mol. The minimum Gasteiger partial charge on any atom is -0.383 e. The number of aryl methyl sites for hydroxylation is 1. The van der Waals surface area contributed by atoms with Gasteiger partial charge in [0.05, 0.1) is 18.6 Å². The van der Waals surface area contributed by atoms with Crippen LogP contribution in [0, 0.1) is 5.82 Å². The third-order valence-electron chi connectivity index (χ3n) is 5.12. The SMILES string of the molecule is O=C(NCc1ccc(-n2ccnc2)c(F)c1)NCC1(O)CCc2ccccc21. The number of halogens is 1. The number of fused-ring (bicyclic) bond motifs is 1. The summed E-state index contributed by atoms with van der Waals surface area (Å²) in [6, 6.07) is 12.1. The van der Waals surface area contributed by atoms with Gasteiger partial charge in [-0.2, -0.15) is 0 Å². The van der Waals surface area contributed by atoms with E-state index in [-0.39, 0.29) is 13.1 Å². The summed E-state index contributed by atoms with van der Waals surface area (Å²) in [5.74, 6) is -0.394. The normalized spacial score (nSPS) is 17.9. The number of nitrogens with zero attached hydrogens (tertiary/aromatic N) is 2. The van der Waals surface area contributed by atoms with E-state index in [0.29, 0.717) is 17.7 Å². The highest BCUT2D eigenvalue weighted by Gasteiger charge is 2.36. The predicted molar refractivity (Wildman–Crippen MR) is 102 cm³/mol. The van der Waals surface area contributed by atoms with Gasteiger partial charge in [0, 0.05) is 18.9 Å². The average Bonchev–Trinajstić information content (AvgIpc) is 3.34. The number of imidazole rings is 1. The highest BCUT2D eigenvalue weighted by atomic mass is 19.1. The number of amides is 2. The molecule has 1 unspecified atom stereocenters. The van der Waals surface area contributed by atoms with Crippen LogP contribution in [0.1, 0.15) is 23.1 Å². The molecule has 28 heavy (non-hydrogen) atoms. The molecule has 0 bridgehead atoms. The van der Waals surface area contributed by atoms with E-state index in [4.69, 9.17) is 0 Å². The first-order valence-corrected chi connectivity index (χ1v) is 9.14. The van der Waals surface area contributed by atoms with Crippen molar-refractivity contribution in [2.75, 3.05) is 6.54 Å². The Bertz CT molecular complexity index is 990. The van der Waals surface area contributed by atoms with E-state index in [1.807, 2.05) is 24.3 Å². The quantitative estimate of drug-likeness (QED) is 0.637. The van der Waals surface area contributed by atoms with Crippen molar-refractivity contribution in [2.24, 2.45) is 0 Å². The fraction of sp³-hybridized carbons (Fsp3) is 0.238. The lowest BCUT2D eigenvalue weighted by Crippen LogP contribution is -2.43. The molecule has 0 radical (unpaired) electrons. The average molecular weight is 380 g/mol. The molecular weight excluding hydrogens is 359 g/mol. The number of nitrogens with one attached hydrogen (secondary N) is 2. The highest BCUT2D eigenvalue weighted by molar-refractivity contribution is 5.74. The van der Waals surface area contributed by atoms with Crippen molar-refractivity contribution < 1.29 is 14.3 Å². The minimum atomic E-state index is -1.05. The van der Waals surface area contributed by atoms with Crippen molar-refractivity contribution in [3.05, 3.63) is 83.7 Å². The maximum absolute atomic E-state index is 14.3. The second kappa shape index (κ2) is 7.44. The van der Waals surface area contributed by atoms with Crippen LogP contribution >= 0.6 is 0 Å². The summed E-state index contributed by atoms with van der Waals surface area (Å²) >= 11 is 0. The largest absolute Gasteiger partial charge is 0.383 e. The Balaban J connectivity index is 1.32. The van der Waals surface area contributed by atoms with Gasteiger partial charge in [-0.3, -0.25) is 0 Å². The van der Waals surface area contributed by atoms with E-state index in [2.05, 4.69) is 15.6 Å². The number of carbonyl (C=O) groups excluding carboxylic acids is 1. The molecule has 0 saturated heterocycles. The lowest BCUT2D eigenvalue weighted by molar-refractivity contribution is 0.0412. The van der Waals surface area contributed by atoms with E-state index in [1.54, 1.807) is 29.1 Å². The number of aliphatic hydroxyl groups is 1. The van der Waals surface area contributed by atoms with Crippen molar-refractivity contribution in [1.29, 1.82) is 0 Å². The molecule has 1 aliphatic rings. The molecule has 6 nitrogen and oxygen atoms in total. The molecule has 3 aromatic rings. The van der Waals surface area contributed by atoms with Crippen LogP contribution in [0.3, 0.4) is 0 Å². The molecule has 0 spiro atoms. The molecule has 3 N–H and O–H groups in total. The van der Waals surface area contributed by atoms with Crippen molar-refractivity contribution >= 4 is 6.03 Å². The summed E-state index contributed by atoms with van der Waals surface area (Å²) in [5.41, 5.74) is 1.97. The molecule has 0 saturated carbocycles. The van der Waals surface area contributed by atoms with E-state index in [0.717, 1.165) is 17.5 Å². The number of carbonyl (C=O) groups is 1. The number of hydrogen-bond acceptors (Lipinski definition) is 3. The second-order valence-electron chi connectivity index (χ2n) is 6.98.